The van der Waals surface area contributed by atoms with E-state index >= 15 is 0 Å². The number of hydrogen-bond donors (Lipinski definition) is 2. The molecule has 1 atom stereocenters. The number of aromatic nitrogens is 2. The number of nitrogens with zero attached hydrogens (tertiary/aromatic N) is 2. The largest absolute Gasteiger partial charge is 0.391 e. The van der Waals surface area contributed by atoms with Crippen LogP contribution in [0.3, 0.4) is 0 Å². The Labute approximate surface area is 111 Å². The van der Waals surface area contributed by atoms with Gasteiger partial charge in [-0.3, -0.25) is 4.98 Å². The summed E-state index contributed by atoms with van der Waals surface area (Å²) in [5.74, 6) is 0.564. The average molecular weight is 264 g/mol. The summed E-state index contributed by atoms with van der Waals surface area (Å²) in [7, 11) is 0. The van der Waals surface area contributed by atoms with Gasteiger partial charge in [0.2, 0.25) is 0 Å². The summed E-state index contributed by atoms with van der Waals surface area (Å²) in [5, 5.41) is 13.2. The van der Waals surface area contributed by atoms with Crippen molar-refractivity contribution < 1.29 is 5.11 Å². The number of benzene rings is 1. The minimum Gasteiger partial charge on any atom is -0.391 e. The van der Waals surface area contributed by atoms with Crippen molar-refractivity contribution in [3.63, 3.8) is 0 Å². The highest BCUT2D eigenvalue weighted by Gasteiger charge is 2.05. The van der Waals surface area contributed by atoms with Crippen LogP contribution in [0.2, 0.25) is 5.15 Å². The molecule has 5 heteroatoms. The highest BCUT2D eigenvalue weighted by Crippen LogP contribution is 2.08. The predicted octanol–water partition coefficient (Wildman–Crippen LogP) is 2.15. The van der Waals surface area contributed by atoms with Gasteiger partial charge in [0.25, 0.3) is 0 Å². The minimum atomic E-state index is -0.479. The van der Waals surface area contributed by atoms with Gasteiger partial charge in [-0.05, 0) is 5.56 Å². The van der Waals surface area contributed by atoms with Crippen LogP contribution in [0.5, 0.6) is 0 Å². The van der Waals surface area contributed by atoms with Crippen LogP contribution < -0.4 is 5.32 Å². The van der Waals surface area contributed by atoms with Crippen LogP contribution in [0, 0.1) is 0 Å². The van der Waals surface area contributed by atoms with Gasteiger partial charge < -0.3 is 10.4 Å². The number of aliphatic hydroxyl groups excluding tert-OH is 1. The maximum atomic E-state index is 9.89. The standard InChI is InChI=1S/C13H14ClN3O/c14-12-8-15-9-13(17-12)16-7-11(18)6-10-4-2-1-3-5-10/h1-5,8-9,11,18H,6-7H2,(H,16,17). The molecule has 94 valence electrons. The third-order valence-corrected chi connectivity index (χ3v) is 2.62. The maximum Gasteiger partial charge on any atom is 0.149 e. The highest BCUT2D eigenvalue weighted by atomic mass is 35.5. The fourth-order valence-corrected chi connectivity index (χ4v) is 1.76. The topological polar surface area (TPSA) is 58.0 Å². The molecule has 0 saturated heterocycles. The van der Waals surface area contributed by atoms with E-state index in [1.807, 2.05) is 30.3 Å². The molecule has 1 aromatic carbocycles. The molecule has 1 unspecified atom stereocenters. The molecule has 0 radical (unpaired) electrons. The van der Waals surface area contributed by atoms with Gasteiger partial charge in [0.05, 0.1) is 18.5 Å². The fraction of sp³-hybridized carbons (Fsp3) is 0.231. The summed E-state index contributed by atoms with van der Waals surface area (Å²) in [4.78, 5) is 7.94. The van der Waals surface area contributed by atoms with Crippen LogP contribution >= 0.6 is 11.6 Å². The van der Waals surface area contributed by atoms with Crippen LogP contribution in [-0.2, 0) is 6.42 Å². The van der Waals surface area contributed by atoms with Gasteiger partial charge in [0.1, 0.15) is 11.0 Å². The van der Waals surface area contributed by atoms with Gasteiger partial charge in [-0.15, -0.1) is 0 Å². The van der Waals surface area contributed by atoms with E-state index in [0.717, 1.165) is 5.56 Å². The second kappa shape index (κ2) is 6.33. The molecule has 2 aromatic rings. The number of rotatable bonds is 5. The van der Waals surface area contributed by atoms with Gasteiger partial charge in [-0.2, -0.15) is 0 Å². The Balaban J connectivity index is 1.83. The Kier molecular flexibility index (Phi) is 4.50. The van der Waals surface area contributed by atoms with Crippen LogP contribution in [0.4, 0.5) is 5.82 Å². The van der Waals surface area contributed by atoms with Gasteiger partial charge >= 0.3 is 0 Å². The molecule has 2 N–H and O–H groups in total. The molecule has 0 aliphatic heterocycles. The number of aliphatic hydroxyl groups is 1. The van der Waals surface area contributed by atoms with Crippen molar-refractivity contribution in [1.29, 1.82) is 0 Å². The summed E-state index contributed by atoms with van der Waals surface area (Å²) in [6.45, 7) is 0.407. The first-order valence-electron chi connectivity index (χ1n) is 5.67. The third kappa shape index (κ3) is 3.98. The first kappa shape index (κ1) is 12.8. The smallest absolute Gasteiger partial charge is 0.149 e. The molecule has 0 aliphatic rings. The molecule has 1 heterocycles. The molecule has 4 nitrogen and oxygen atoms in total. The lowest BCUT2D eigenvalue weighted by Gasteiger charge is -2.12. The van der Waals surface area contributed by atoms with Crippen LogP contribution in [0.25, 0.3) is 0 Å². The summed E-state index contributed by atoms with van der Waals surface area (Å²) in [6.07, 6.45) is 3.16. The van der Waals surface area contributed by atoms with Crippen LogP contribution in [0.1, 0.15) is 5.56 Å². The normalized spacial score (nSPS) is 12.1. The Hall–Kier alpha value is -1.65. The molecule has 0 bridgehead atoms. The number of hydrogen-bond acceptors (Lipinski definition) is 4. The van der Waals surface area contributed by atoms with E-state index in [0.29, 0.717) is 23.9 Å². The van der Waals surface area contributed by atoms with Crippen molar-refractivity contribution in [3.8, 4) is 0 Å². The maximum absolute atomic E-state index is 9.89. The zero-order valence-electron chi connectivity index (χ0n) is 9.75. The van der Waals surface area contributed by atoms with E-state index in [-0.39, 0.29) is 0 Å². The minimum absolute atomic E-state index is 0.331. The lowest BCUT2D eigenvalue weighted by Crippen LogP contribution is -2.22. The van der Waals surface area contributed by atoms with E-state index in [1.165, 1.54) is 6.20 Å². The first-order valence-corrected chi connectivity index (χ1v) is 6.05. The highest BCUT2D eigenvalue weighted by molar-refractivity contribution is 6.29. The van der Waals surface area contributed by atoms with Crippen molar-refractivity contribution in [2.45, 2.75) is 12.5 Å². The molecule has 2 rings (SSSR count). The Morgan fingerprint density at radius 1 is 1.22 bits per heavy atom. The van der Waals surface area contributed by atoms with E-state index in [2.05, 4.69) is 15.3 Å². The van der Waals surface area contributed by atoms with E-state index < -0.39 is 6.10 Å². The summed E-state index contributed by atoms with van der Waals surface area (Å²) in [6, 6.07) is 9.84. The zero-order chi connectivity index (χ0) is 12.8. The average Bonchev–Trinajstić information content (AvgIpc) is 2.38. The predicted molar refractivity (Wildman–Crippen MR) is 71.7 cm³/mol. The van der Waals surface area contributed by atoms with Crippen LogP contribution in [-0.4, -0.2) is 27.7 Å². The number of nitrogens with one attached hydrogen (secondary N) is 1. The number of halogens is 1. The van der Waals surface area contributed by atoms with Gasteiger partial charge in [-0.25, -0.2) is 4.98 Å². The van der Waals surface area contributed by atoms with E-state index in [1.54, 1.807) is 6.20 Å². The fourth-order valence-electron chi connectivity index (χ4n) is 1.61. The molecule has 0 fully saturated rings. The Morgan fingerprint density at radius 2 is 2.00 bits per heavy atom. The molecule has 18 heavy (non-hydrogen) atoms. The SMILES string of the molecule is OC(CNc1cncc(Cl)n1)Cc1ccccc1. The van der Waals surface area contributed by atoms with Crippen LogP contribution in [0.15, 0.2) is 42.7 Å². The molecule has 0 aliphatic carbocycles. The summed E-state index contributed by atoms with van der Waals surface area (Å²) < 4.78 is 0. The third-order valence-electron chi connectivity index (χ3n) is 2.44. The molecule has 0 spiro atoms. The Morgan fingerprint density at radius 3 is 2.72 bits per heavy atom. The van der Waals surface area contributed by atoms with Crippen molar-refractivity contribution in [3.05, 3.63) is 53.4 Å². The second-order valence-corrected chi connectivity index (χ2v) is 4.34. The Bertz CT molecular complexity index is 493. The molecular weight excluding hydrogens is 250 g/mol. The van der Waals surface area contributed by atoms with Crippen molar-refractivity contribution >= 4 is 17.4 Å². The molecule has 1 aromatic heterocycles. The molecular formula is C13H14ClN3O. The van der Waals surface area contributed by atoms with Gasteiger partial charge in [0, 0.05) is 13.0 Å². The summed E-state index contributed by atoms with van der Waals surface area (Å²) in [5.41, 5.74) is 1.10. The van der Waals surface area contributed by atoms with E-state index in [4.69, 9.17) is 11.6 Å². The van der Waals surface area contributed by atoms with E-state index in [9.17, 15) is 5.11 Å². The van der Waals surface area contributed by atoms with Gasteiger partial charge in [0.15, 0.2) is 0 Å². The quantitative estimate of drug-likeness (QED) is 0.868. The van der Waals surface area contributed by atoms with Crippen molar-refractivity contribution in [2.24, 2.45) is 0 Å². The summed E-state index contributed by atoms with van der Waals surface area (Å²) >= 11 is 5.71. The second-order valence-electron chi connectivity index (χ2n) is 3.95. The van der Waals surface area contributed by atoms with Crippen molar-refractivity contribution in [2.75, 3.05) is 11.9 Å². The number of anilines is 1. The molecule has 0 saturated carbocycles. The zero-order valence-corrected chi connectivity index (χ0v) is 10.5. The van der Waals surface area contributed by atoms with Gasteiger partial charge in [-0.1, -0.05) is 41.9 Å². The monoisotopic (exact) mass is 263 g/mol. The lowest BCUT2D eigenvalue weighted by molar-refractivity contribution is 0.188. The lowest BCUT2D eigenvalue weighted by atomic mass is 10.1. The molecule has 0 amide bonds. The first-order chi connectivity index (χ1) is 8.74. The van der Waals surface area contributed by atoms with Crippen molar-refractivity contribution in [1.82, 2.24) is 9.97 Å².